The minimum atomic E-state index is -1.11. The second-order valence-electron chi connectivity index (χ2n) is 7.39. The molecule has 0 fully saturated rings. The Kier molecular flexibility index (Phi) is 6.14. The lowest BCUT2D eigenvalue weighted by Crippen LogP contribution is -2.23. The van der Waals surface area contributed by atoms with Crippen molar-refractivity contribution in [2.45, 2.75) is 25.7 Å². The number of fused-ring (bicyclic) bond motifs is 1. The molecule has 166 valence electrons. The maximum atomic E-state index is 13.5. The quantitative estimate of drug-likeness (QED) is 0.490. The largest absolute Gasteiger partial charge is 0.493 e. The van der Waals surface area contributed by atoms with E-state index in [-0.39, 0.29) is 17.2 Å². The number of carbonyl (C=O) groups excluding carboxylic acids is 1. The average Bonchev–Trinajstić information content (AvgIpc) is 3.17. The van der Waals surface area contributed by atoms with E-state index in [2.05, 4.69) is 5.32 Å². The van der Waals surface area contributed by atoms with Gasteiger partial charge < -0.3 is 19.9 Å². The van der Waals surface area contributed by atoms with E-state index >= 15 is 0 Å². The van der Waals surface area contributed by atoms with Crippen LogP contribution < -0.4 is 14.8 Å². The summed E-state index contributed by atoms with van der Waals surface area (Å²) in [7, 11) is 1.55. The third kappa shape index (κ3) is 3.93. The van der Waals surface area contributed by atoms with Crippen molar-refractivity contribution < 1.29 is 28.6 Å². The van der Waals surface area contributed by atoms with E-state index in [0.29, 0.717) is 34.9 Å². The molecular formula is C24H22FNO5S. The average molecular weight is 456 g/mol. The maximum Gasteiger partial charge on any atom is 0.346 e. The van der Waals surface area contributed by atoms with Crippen LogP contribution in [0.3, 0.4) is 0 Å². The first-order valence-electron chi connectivity index (χ1n) is 10.2. The highest BCUT2D eigenvalue weighted by Crippen LogP contribution is 2.51. The fraction of sp³-hybridized carbons (Fsp3) is 0.250. The van der Waals surface area contributed by atoms with Crippen molar-refractivity contribution in [1.29, 1.82) is 0 Å². The molecule has 0 radical (unpaired) electrons. The second kappa shape index (κ2) is 9.00. The molecule has 0 aliphatic carbocycles. The van der Waals surface area contributed by atoms with Crippen molar-refractivity contribution in [2.24, 2.45) is 0 Å². The second-order valence-corrected chi connectivity index (χ2v) is 8.44. The Hall–Kier alpha value is -3.39. The van der Waals surface area contributed by atoms with Gasteiger partial charge >= 0.3 is 5.97 Å². The van der Waals surface area contributed by atoms with Crippen molar-refractivity contribution in [3.63, 3.8) is 0 Å². The van der Waals surface area contributed by atoms with Crippen LogP contribution in [-0.2, 0) is 4.79 Å². The summed E-state index contributed by atoms with van der Waals surface area (Å²) in [5, 5.41) is 12.7. The summed E-state index contributed by atoms with van der Waals surface area (Å²) < 4.78 is 24.9. The van der Waals surface area contributed by atoms with E-state index in [9.17, 15) is 19.1 Å². The van der Waals surface area contributed by atoms with Gasteiger partial charge in [0.05, 0.1) is 19.4 Å². The van der Waals surface area contributed by atoms with Crippen molar-refractivity contribution >= 4 is 28.9 Å². The van der Waals surface area contributed by atoms with E-state index in [1.165, 1.54) is 24.3 Å². The number of thiophene rings is 1. The van der Waals surface area contributed by atoms with Gasteiger partial charge in [-0.05, 0) is 30.2 Å². The van der Waals surface area contributed by atoms with E-state index in [1.807, 2.05) is 19.1 Å². The molecule has 4 rings (SSSR count). The van der Waals surface area contributed by atoms with E-state index < -0.39 is 17.7 Å². The Balaban J connectivity index is 1.92. The Morgan fingerprint density at radius 3 is 2.66 bits per heavy atom. The molecule has 2 heterocycles. The topological polar surface area (TPSA) is 84.9 Å². The summed E-state index contributed by atoms with van der Waals surface area (Å²) >= 11 is 1.12. The monoisotopic (exact) mass is 455 g/mol. The molecule has 8 heteroatoms. The zero-order valence-electron chi connectivity index (χ0n) is 17.6. The first-order valence-corrected chi connectivity index (χ1v) is 11.0. The third-order valence-electron chi connectivity index (χ3n) is 5.29. The van der Waals surface area contributed by atoms with Gasteiger partial charge in [0.25, 0.3) is 0 Å². The number of rotatable bonds is 7. The summed E-state index contributed by atoms with van der Waals surface area (Å²) in [4.78, 5) is 25.6. The molecule has 1 aromatic heterocycles. The van der Waals surface area contributed by atoms with Gasteiger partial charge in [-0.2, -0.15) is 0 Å². The molecule has 0 bridgehead atoms. The van der Waals surface area contributed by atoms with Crippen molar-refractivity contribution in [2.75, 3.05) is 19.0 Å². The van der Waals surface area contributed by atoms with Crippen LogP contribution in [-0.4, -0.2) is 30.7 Å². The number of carboxylic acid groups (broad SMARTS) is 1. The zero-order chi connectivity index (χ0) is 22.8. The molecule has 2 aromatic carbocycles. The SMILES string of the molecule is CCCOc1c(OC)cccc1C1CC(=O)Nc2c1sc(C(=O)O)c2-c1ccc(F)cc1. The van der Waals surface area contributed by atoms with Crippen molar-refractivity contribution in [1.82, 2.24) is 0 Å². The standard InChI is InChI=1S/C24H22FNO5S/c1-3-11-31-21-15(5-4-6-17(21)30-2)16-12-18(27)26-20-19(13-7-9-14(25)10-8-13)23(24(28)29)32-22(16)20/h4-10,16H,3,11-12H2,1-2H3,(H,26,27)(H,28,29). The van der Waals surface area contributed by atoms with E-state index in [0.717, 1.165) is 28.2 Å². The fourth-order valence-electron chi connectivity index (χ4n) is 3.91. The lowest BCUT2D eigenvalue weighted by atomic mass is 9.88. The molecule has 0 saturated carbocycles. The van der Waals surface area contributed by atoms with Gasteiger partial charge in [-0.3, -0.25) is 4.79 Å². The molecule has 1 aliphatic rings. The summed E-state index contributed by atoms with van der Waals surface area (Å²) in [6.45, 7) is 2.47. The first-order chi connectivity index (χ1) is 15.4. The van der Waals surface area contributed by atoms with Crippen LogP contribution in [0, 0.1) is 5.82 Å². The van der Waals surface area contributed by atoms with Gasteiger partial charge in [-0.1, -0.05) is 31.2 Å². The van der Waals surface area contributed by atoms with Crippen LogP contribution in [0.1, 0.15) is 45.8 Å². The molecule has 1 aliphatic heterocycles. The van der Waals surface area contributed by atoms with Crippen LogP contribution in [0.25, 0.3) is 11.1 Å². The number of methoxy groups -OCH3 is 1. The van der Waals surface area contributed by atoms with Crippen LogP contribution in [0.5, 0.6) is 11.5 Å². The highest BCUT2D eigenvalue weighted by molar-refractivity contribution is 7.15. The number of aromatic carboxylic acids is 1. The van der Waals surface area contributed by atoms with Gasteiger partial charge in [0, 0.05) is 28.3 Å². The normalized spacial score (nSPS) is 15.1. The number of ether oxygens (including phenoxy) is 2. The minimum absolute atomic E-state index is 0.0905. The molecule has 6 nitrogen and oxygen atoms in total. The Morgan fingerprint density at radius 2 is 2.00 bits per heavy atom. The number of hydrogen-bond donors (Lipinski definition) is 2. The summed E-state index contributed by atoms with van der Waals surface area (Å²) in [6, 6.07) is 11.1. The van der Waals surface area contributed by atoms with E-state index in [1.54, 1.807) is 13.2 Å². The number of para-hydroxylation sites is 1. The van der Waals surface area contributed by atoms with E-state index in [4.69, 9.17) is 9.47 Å². The predicted molar refractivity (Wildman–Crippen MR) is 121 cm³/mol. The van der Waals surface area contributed by atoms with Gasteiger partial charge in [0.2, 0.25) is 5.91 Å². The highest BCUT2D eigenvalue weighted by Gasteiger charge is 2.36. The Labute approximate surface area is 188 Å². The van der Waals surface area contributed by atoms with Crippen molar-refractivity contribution in [3.05, 3.63) is 63.6 Å². The summed E-state index contributed by atoms with van der Waals surface area (Å²) in [5.41, 5.74) is 2.12. The minimum Gasteiger partial charge on any atom is -0.493 e. The number of benzene rings is 2. The van der Waals surface area contributed by atoms with Crippen LogP contribution >= 0.6 is 11.3 Å². The van der Waals surface area contributed by atoms with Gasteiger partial charge in [0.1, 0.15) is 10.7 Å². The van der Waals surface area contributed by atoms with Gasteiger partial charge in [-0.15, -0.1) is 11.3 Å². The van der Waals surface area contributed by atoms with Gasteiger partial charge in [0.15, 0.2) is 11.5 Å². The van der Waals surface area contributed by atoms with Crippen LogP contribution in [0.4, 0.5) is 10.1 Å². The number of carboxylic acids is 1. The third-order valence-corrected chi connectivity index (χ3v) is 6.58. The summed E-state index contributed by atoms with van der Waals surface area (Å²) in [5.74, 6) is -1.06. The highest BCUT2D eigenvalue weighted by atomic mass is 32.1. The number of halogens is 1. The zero-order valence-corrected chi connectivity index (χ0v) is 18.4. The summed E-state index contributed by atoms with van der Waals surface area (Å²) in [6.07, 6.45) is 0.940. The molecule has 1 amide bonds. The molecule has 0 spiro atoms. The first kappa shape index (κ1) is 21.8. The lowest BCUT2D eigenvalue weighted by molar-refractivity contribution is -0.116. The Morgan fingerprint density at radius 1 is 1.25 bits per heavy atom. The van der Waals surface area contributed by atoms with Crippen LogP contribution in [0.15, 0.2) is 42.5 Å². The number of amides is 1. The number of anilines is 1. The Bertz CT molecular complexity index is 1170. The number of carbonyl (C=O) groups is 2. The molecule has 1 atom stereocenters. The number of nitrogens with one attached hydrogen (secondary N) is 1. The molecule has 3 aromatic rings. The molecule has 0 saturated heterocycles. The molecular weight excluding hydrogens is 433 g/mol. The van der Waals surface area contributed by atoms with Crippen molar-refractivity contribution in [3.8, 4) is 22.6 Å². The lowest BCUT2D eigenvalue weighted by Gasteiger charge is -2.26. The molecule has 32 heavy (non-hydrogen) atoms. The fourth-order valence-corrected chi connectivity index (χ4v) is 5.14. The van der Waals surface area contributed by atoms with Crippen LogP contribution in [0.2, 0.25) is 0 Å². The number of hydrogen-bond acceptors (Lipinski definition) is 5. The smallest absolute Gasteiger partial charge is 0.346 e. The molecule has 1 unspecified atom stereocenters. The predicted octanol–water partition coefficient (Wildman–Crippen LogP) is 5.52. The maximum absolute atomic E-state index is 13.5. The van der Waals surface area contributed by atoms with Gasteiger partial charge in [-0.25, -0.2) is 9.18 Å². The molecule has 2 N–H and O–H groups in total.